The molecule has 0 aliphatic rings. The number of benzene rings is 1. The first-order chi connectivity index (χ1) is 7.45. The highest BCUT2D eigenvalue weighted by molar-refractivity contribution is 6.00. The second-order valence-electron chi connectivity index (χ2n) is 4.35. The Morgan fingerprint density at radius 1 is 1.12 bits per heavy atom. The summed E-state index contributed by atoms with van der Waals surface area (Å²) in [4.78, 5) is 11.8. The van der Waals surface area contributed by atoms with E-state index in [1.807, 2.05) is 34.6 Å². The number of rotatable bonds is 2. The maximum absolute atomic E-state index is 11.8. The molecule has 0 aliphatic carbocycles. The van der Waals surface area contributed by atoms with Gasteiger partial charge in [-0.3, -0.25) is 4.79 Å². The van der Waals surface area contributed by atoms with Gasteiger partial charge in [0.25, 0.3) is 0 Å². The van der Waals surface area contributed by atoms with Crippen LogP contribution in [-0.4, -0.2) is 12.0 Å². The van der Waals surface area contributed by atoms with Gasteiger partial charge in [-0.15, -0.1) is 0 Å². The van der Waals surface area contributed by atoms with E-state index in [1.165, 1.54) is 6.21 Å². The summed E-state index contributed by atoms with van der Waals surface area (Å²) in [5.41, 5.74) is 1.19. The van der Waals surface area contributed by atoms with E-state index in [1.54, 1.807) is 24.3 Å². The smallest absolute Gasteiger partial charge is 0.168 e. The normalized spacial score (nSPS) is 10.1. The van der Waals surface area contributed by atoms with Gasteiger partial charge in [0.15, 0.2) is 5.78 Å². The molecule has 2 heteroatoms. The van der Waals surface area contributed by atoms with Crippen molar-refractivity contribution in [2.75, 3.05) is 0 Å². The number of nitrogens with one attached hydrogen (secondary N) is 1. The van der Waals surface area contributed by atoms with E-state index in [4.69, 9.17) is 5.41 Å². The average molecular weight is 219 g/mol. The highest BCUT2D eigenvalue weighted by Crippen LogP contribution is 2.20. The fourth-order valence-corrected chi connectivity index (χ4v) is 1.16. The van der Waals surface area contributed by atoms with Gasteiger partial charge in [0.05, 0.1) is 0 Å². The van der Waals surface area contributed by atoms with Crippen LogP contribution < -0.4 is 0 Å². The number of carbonyl (C=O) groups is 1. The Morgan fingerprint density at radius 2 is 1.56 bits per heavy atom. The summed E-state index contributed by atoms with van der Waals surface area (Å²) in [6.07, 6.45) is 1.27. The third-order valence-corrected chi connectivity index (χ3v) is 2.02. The molecule has 0 atom stereocenters. The Hall–Kier alpha value is -1.44. The third-order valence-electron chi connectivity index (χ3n) is 2.02. The summed E-state index contributed by atoms with van der Waals surface area (Å²) >= 11 is 0. The molecule has 16 heavy (non-hydrogen) atoms. The Balaban J connectivity index is 0.00000106. The van der Waals surface area contributed by atoms with Crippen LogP contribution in [0.5, 0.6) is 0 Å². The molecule has 0 aliphatic heterocycles. The average Bonchev–Trinajstić information content (AvgIpc) is 2.30. The van der Waals surface area contributed by atoms with Crippen LogP contribution in [0.1, 0.15) is 50.5 Å². The van der Waals surface area contributed by atoms with Crippen molar-refractivity contribution in [3.63, 3.8) is 0 Å². The molecule has 0 radical (unpaired) electrons. The highest BCUT2D eigenvalue weighted by atomic mass is 16.1. The molecule has 88 valence electrons. The molecule has 0 saturated carbocycles. The van der Waals surface area contributed by atoms with Gasteiger partial charge >= 0.3 is 0 Å². The topological polar surface area (TPSA) is 40.9 Å². The van der Waals surface area contributed by atoms with E-state index < -0.39 is 0 Å². The Bertz CT molecular complexity index is 344. The summed E-state index contributed by atoms with van der Waals surface area (Å²) in [5, 5.41) is 7.03. The Labute approximate surface area is 98.2 Å². The quantitative estimate of drug-likeness (QED) is 0.594. The van der Waals surface area contributed by atoms with E-state index in [2.05, 4.69) is 0 Å². The lowest BCUT2D eigenvalue weighted by Gasteiger charge is -2.16. The number of ketones is 1. The summed E-state index contributed by atoms with van der Waals surface area (Å²) in [5.74, 6) is 0.133. The molecular weight excluding hydrogens is 198 g/mol. The molecule has 0 bridgehead atoms. The maximum Gasteiger partial charge on any atom is 0.168 e. The van der Waals surface area contributed by atoms with Gasteiger partial charge in [-0.2, -0.15) is 0 Å². The largest absolute Gasteiger partial charge is 0.308 e. The zero-order chi connectivity index (χ0) is 12.8. The minimum Gasteiger partial charge on any atom is -0.308 e. The van der Waals surface area contributed by atoms with Gasteiger partial charge in [-0.05, 0) is 5.56 Å². The first-order valence-electron chi connectivity index (χ1n) is 5.60. The predicted molar refractivity (Wildman–Crippen MR) is 69.5 cm³/mol. The molecule has 0 aromatic heterocycles. The Morgan fingerprint density at radius 3 is 1.88 bits per heavy atom. The Kier molecular flexibility index (Phi) is 5.65. The standard InChI is InChI=1S/C12H15NO.C2H6/c1-12(2,3)11(14)10-6-4-9(8-13)5-7-10;1-2/h4-8,13H,1-3H3;1-2H3. The van der Waals surface area contributed by atoms with Gasteiger partial charge in [-0.25, -0.2) is 0 Å². The van der Waals surface area contributed by atoms with E-state index in [-0.39, 0.29) is 11.2 Å². The third kappa shape index (κ3) is 3.97. The monoisotopic (exact) mass is 219 g/mol. The molecule has 0 heterocycles. The van der Waals surface area contributed by atoms with E-state index in [0.717, 1.165) is 5.56 Å². The van der Waals surface area contributed by atoms with Crippen LogP contribution in [0.3, 0.4) is 0 Å². The number of hydrogen-bond donors (Lipinski definition) is 1. The molecule has 0 fully saturated rings. The number of carbonyl (C=O) groups excluding carboxylic acids is 1. The van der Waals surface area contributed by atoms with E-state index in [9.17, 15) is 4.79 Å². The van der Waals surface area contributed by atoms with Crippen LogP contribution in [0.15, 0.2) is 24.3 Å². The SMILES string of the molecule is CC.CC(C)(C)C(=O)c1ccc(C=N)cc1. The van der Waals surface area contributed by atoms with Crippen molar-refractivity contribution in [1.82, 2.24) is 0 Å². The van der Waals surface area contributed by atoms with Gasteiger partial charge in [0, 0.05) is 17.2 Å². The number of Topliss-reactive ketones (excluding diaryl/α,β-unsaturated/α-hetero) is 1. The molecule has 0 unspecified atom stereocenters. The highest BCUT2D eigenvalue weighted by Gasteiger charge is 2.22. The molecule has 0 amide bonds. The molecule has 0 spiro atoms. The molecule has 2 nitrogen and oxygen atoms in total. The molecule has 1 rings (SSSR count). The molecule has 0 saturated heterocycles. The predicted octanol–water partition coefficient (Wildman–Crippen LogP) is 3.94. The fraction of sp³-hybridized carbons (Fsp3) is 0.429. The molecule has 1 aromatic carbocycles. The summed E-state index contributed by atoms with van der Waals surface area (Å²) in [7, 11) is 0. The number of hydrogen-bond acceptors (Lipinski definition) is 2. The lowest BCUT2D eigenvalue weighted by Crippen LogP contribution is -2.20. The minimum atomic E-state index is -0.341. The van der Waals surface area contributed by atoms with Crippen molar-refractivity contribution in [2.45, 2.75) is 34.6 Å². The lowest BCUT2D eigenvalue weighted by molar-refractivity contribution is 0.0858. The van der Waals surface area contributed by atoms with Crippen LogP contribution in [0, 0.1) is 10.8 Å². The van der Waals surface area contributed by atoms with Crippen molar-refractivity contribution in [3.05, 3.63) is 35.4 Å². The van der Waals surface area contributed by atoms with Gasteiger partial charge in [0.1, 0.15) is 0 Å². The van der Waals surface area contributed by atoms with Crippen molar-refractivity contribution in [1.29, 1.82) is 5.41 Å². The van der Waals surface area contributed by atoms with Crippen LogP contribution in [0.4, 0.5) is 0 Å². The van der Waals surface area contributed by atoms with Crippen LogP contribution in [0.25, 0.3) is 0 Å². The fourth-order valence-electron chi connectivity index (χ4n) is 1.16. The summed E-state index contributed by atoms with van der Waals surface area (Å²) in [6, 6.07) is 7.11. The van der Waals surface area contributed by atoms with E-state index in [0.29, 0.717) is 5.56 Å². The minimum absolute atomic E-state index is 0.133. The van der Waals surface area contributed by atoms with Gasteiger partial charge in [-0.1, -0.05) is 58.9 Å². The van der Waals surface area contributed by atoms with Crippen molar-refractivity contribution in [3.8, 4) is 0 Å². The zero-order valence-electron chi connectivity index (χ0n) is 10.8. The first-order valence-corrected chi connectivity index (χ1v) is 5.60. The first kappa shape index (κ1) is 14.6. The second kappa shape index (κ2) is 6.21. The van der Waals surface area contributed by atoms with Crippen molar-refractivity contribution < 1.29 is 4.79 Å². The van der Waals surface area contributed by atoms with Crippen molar-refractivity contribution >= 4 is 12.0 Å². The van der Waals surface area contributed by atoms with Crippen LogP contribution >= 0.6 is 0 Å². The lowest BCUT2D eigenvalue weighted by atomic mass is 9.86. The second-order valence-corrected chi connectivity index (χ2v) is 4.35. The summed E-state index contributed by atoms with van der Waals surface area (Å²) < 4.78 is 0. The van der Waals surface area contributed by atoms with Gasteiger partial charge < -0.3 is 5.41 Å². The zero-order valence-corrected chi connectivity index (χ0v) is 10.8. The van der Waals surface area contributed by atoms with Gasteiger partial charge in [0.2, 0.25) is 0 Å². The molecule has 1 aromatic rings. The molecular formula is C14H21NO. The maximum atomic E-state index is 11.8. The molecule has 1 N–H and O–H groups in total. The van der Waals surface area contributed by atoms with Crippen LogP contribution in [0.2, 0.25) is 0 Å². The summed E-state index contributed by atoms with van der Waals surface area (Å²) in [6.45, 7) is 9.71. The van der Waals surface area contributed by atoms with Crippen LogP contribution in [-0.2, 0) is 0 Å². The van der Waals surface area contributed by atoms with E-state index >= 15 is 0 Å². The van der Waals surface area contributed by atoms with Crippen molar-refractivity contribution in [2.24, 2.45) is 5.41 Å².